The van der Waals surface area contributed by atoms with Crippen molar-refractivity contribution in [1.29, 1.82) is 0 Å². The number of sulfonamides is 2. The van der Waals surface area contributed by atoms with Crippen LogP contribution in [0.5, 0.6) is 0 Å². The molecule has 15 heteroatoms. The summed E-state index contributed by atoms with van der Waals surface area (Å²) >= 11 is 12.3. The molecular weight excluding hydrogens is 788 g/mol. The fourth-order valence-electron chi connectivity index (χ4n) is 6.83. The second-order valence-corrected chi connectivity index (χ2v) is 17.6. The first-order chi connectivity index (χ1) is 26.1. The highest BCUT2D eigenvalue weighted by Gasteiger charge is 2.43. The Hall–Kier alpha value is -4.95. The Bertz CT molecular complexity index is 2450. The van der Waals surface area contributed by atoms with Crippen molar-refractivity contribution in [2.45, 2.75) is 48.6 Å². The number of amides is 1. The molecule has 55 heavy (non-hydrogen) atoms. The summed E-state index contributed by atoms with van der Waals surface area (Å²) in [6, 6.07) is 24.4. The molecule has 1 fully saturated rings. The van der Waals surface area contributed by atoms with Gasteiger partial charge in [-0.3, -0.25) is 9.10 Å². The summed E-state index contributed by atoms with van der Waals surface area (Å²) < 4.78 is 74.8. The van der Waals surface area contributed by atoms with Gasteiger partial charge < -0.3 is 10.0 Å². The second-order valence-electron chi connectivity index (χ2n) is 13.1. The number of hydrogen-bond donors (Lipinski definition) is 1. The predicted octanol–water partition coefficient (Wildman–Crippen LogP) is 8.33. The average Bonchev–Trinajstić information content (AvgIpc) is 3.64. The van der Waals surface area contributed by atoms with E-state index in [-0.39, 0.29) is 32.4 Å². The van der Waals surface area contributed by atoms with Crippen LogP contribution in [0.2, 0.25) is 10.0 Å². The van der Waals surface area contributed by atoms with E-state index in [1.807, 2.05) is 0 Å². The molecule has 0 spiro atoms. The first-order valence-corrected chi connectivity index (χ1v) is 20.8. The maximum Gasteiger partial charge on any atom is 0.332 e. The smallest absolute Gasteiger partial charge is 0.332 e. The van der Waals surface area contributed by atoms with Crippen LogP contribution in [0, 0.1) is 19.7 Å². The summed E-state index contributed by atoms with van der Waals surface area (Å²) in [5.41, 5.74) is 1.07. The first kappa shape index (κ1) is 39.7. The molecule has 6 rings (SSSR count). The van der Waals surface area contributed by atoms with Gasteiger partial charge in [-0.1, -0.05) is 59.6 Å². The Labute approximate surface area is 329 Å². The lowest BCUT2D eigenvalue weighted by molar-refractivity contribution is -0.138. The van der Waals surface area contributed by atoms with Crippen LogP contribution >= 0.6 is 23.2 Å². The van der Waals surface area contributed by atoms with E-state index in [1.165, 1.54) is 104 Å². The molecule has 1 saturated heterocycles. The van der Waals surface area contributed by atoms with Gasteiger partial charge in [-0.25, -0.2) is 30.3 Å². The number of carboxylic acids is 1. The predicted molar refractivity (Wildman–Crippen MR) is 210 cm³/mol. The molecule has 1 aliphatic rings. The summed E-state index contributed by atoms with van der Waals surface area (Å²) in [7, 11) is -9.56. The van der Waals surface area contributed by atoms with E-state index in [1.54, 1.807) is 30.0 Å². The molecule has 1 N–H and O–H groups in total. The zero-order chi connectivity index (χ0) is 39.7. The van der Waals surface area contributed by atoms with Crippen LogP contribution < -0.4 is 8.61 Å². The minimum absolute atomic E-state index is 0.0524. The SMILES string of the molecule is Cc1cccc(S(=O)(=O)N(c2ccc(Cl)cc2)C(C(=O)O)c2c(C)cccc2S(=O)(=O)N(CC(=O)N2CCCC2c2ccc(F)cc2)c2ccc(Cl)cc2)c1. The summed E-state index contributed by atoms with van der Waals surface area (Å²) in [5.74, 6) is -2.65. The molecule has 5 aromatic rings. The Morgan fingerprint density at radius 2 is 1.42 bits per heavy atom. The molecule has 2 unspecified atom stereocenters. The topological polar surface area (TPSA) is 132 Å². The number of nitrogens with zero attached hydrogens (tertiary/aromatic N) is 3. The molecule has 10 nitrogen and oxygen atoms in total. The van der Waals surface area contributed by atoms with Crippen molar-refractivity contribution in [3.05, 3.63) is 153 Å². The van der Waals surface area contributed by atoms with Crippen LogP contribution in [-0.4, -0.2) is 51.8 Å². The Morgan fingerprint density at radius 3 is 2.02 bits per heavy atom. The number of carbonyl (C=O) groups excluding carboxylic acids is 1. The largest absolute Gasteiger partial charge is 0.479 e. The standard InChI is InChI=1S/C40H36Cl2FN3O7S2/c1-26-6-3-8-34(24-26)54(50,51)46(33-21-15-30(42)16-22-33)39(40(48)49)38-27(2)7-4-10-36(38)55(52,53)45(32-19-13-29(41)14-20-32)25-37(47)44-23-5-9-35(44)28-11-17-31(43)18-12-28/h3-4,6-8,10-22,24,35,39H,5,9,23,25H2,1-2H3,(H,48,49). The van der Waals surface area contributed by atoms with E-state index in [0.717, 1.165) is 4.31 Å². The molecule has 2 atom stereocenters. The minimum atomic E-state index is -4.86. The summed E-state index contributed by atoms with van der Waals surface area (Å²) in [6.45, 7) is 2.79. The van der Waals surface area contributed by atoms with Crippen molar-refractivity contribution < 1.29 is 35.9 Å². The van der Waals surface area contributed by atoms with Gasteiger partial charge in [0.2, 0.25) is 5.91 Å². The Kier molecular flexibility index (Phi) is 11.6. The normalized spacial score (nSPS) is 15.1. The molecule has 5 aromatic carbocycles. The van der Waals surface area contributed by atoms with Gasteiger partial charge >= 0.3 is 5.97 Å². The van der Waals surface area contributed by atoms with Crippen LogP contribution in [0.4, 0.5) is 15.8 Å². The number of carbonyl (C=O) groups is 2. The molecule has 286 valence electrons. The summed E-state index contributed by atoms with van der Waals surface area (Å²) in [5, 5.41) is 11.5. The third-order valence-electron chi connectivity index (χ3n) is 9.44. The zero-order valence-electron chi connectivity index (χ0n) is 29.6. The lowest BCUT2D eigenvalue weighted by atomic mass is 10.0. The van der Waals surface area contributed by atoms with Crippen molar-refractivity contribution in [1.82, 2.24) is 4.90 Å². The number of benzene rings is 5. The van der Waals surface area contributed by atoms with Gasteiger partial charge in [0, 0.05) is 22.2 Å². The molecule has 0 aliphatic carbocycles. The number of aliphatic carboxylic acids is 1. The molecule has 0 aromatic heterocycles. The van der Waals surface area contributed by atoms with Gasteiger partial charge in [-0.05, 0) is 122 Å². The fourth-order valence-corrected chi connectivity index (χ4v) is 10.5. The van der Waals surface area contributed by atoms with Crippen molar-refractivity contribution >= 4 is 66.5 Å². The van der Waals surface area contributed by atoms with Crippen LogP contribution in [-0.2, 0) is 29.6 Å². The summed E-state index contributed by atoms with van der Waals surface area (Å²) in [4.78, 5) is 28.5. The van der Waals surface area contributed by atoms with Crippen molar-refractivity contribution in [2.24, 2.45) is 0 Å². The van der Waals surface area contributed by atoms with Crippen LogP contribution in [0.1, 0.15) is 47.2 Å². The maximum absolute atomic E-state index is 15.1. The lowest BCUT2D eigenvalue weighted by Gasteiger charge is -2.34. The summed E-state index contributed by atoms with van der Waals surface area (Å²) in [6.07, 6.45) is 1.20. The third-order valence-corrected chi connectivity index (χ3v) is 13.6. The van der Waals surface area contributed by atoms with Crippen molar-refractivity contribution in [3.63, 3.8) is 0 Å². The van der Waals surface area contributed by atoms with Gasteiger partial charge in [-0.2, -0.15) is 0 Å². The number of rotatable bonds is 12. The molecule has 0 saturated carbocycles. The van der Waals surface area contributed by atoms with Crippen LogP contribution in [0.25, 0.3) is 0 Å². The minimum Gasteiger partial charge on any atom is -0.479 e. The Morgan fingerprint density at radius 1 is 0.818 bits per heavy atom. The van der Waals surface area contributed by atoms with E-state index in [2.05, 4.69) is 0 Å². The number of anilines is 2. The maximum atomic E-state index is 15.1. The van der Waals surface area contributed by atoms with Gasteiger partial charge in [0.15, 0.2) is 6.04 Å². The molecule has 0 radical (unpaired) electrons. The number of carboxylic acid groups (broad SMARTS) is 1. The molecule has 1 amide bonds. The van der Waals surface area contributed by atoms with Gasteiger partial charge in [-0.15, -0.1) is 0 Å². The van der Waals surface area contributed by atoms with Crippen molar-refractivity contribution in [2.75, 3.05) is 21.7 Å². The second kappa shape index (κ2) is 16.0. The lowest BCUT2D eigenvalue weighted by Crippen LogP contribution is -2.44. The number of halogens is 3. The van der Waals surface area contributed by atoms with E-state index in [9.17, 15) is 27.5 Å². The Balaban J connectivity index is 1.51. The van der Waals surface area contributed by atoms with Crippen molar-refractivity contribution in [3.8, 4) is 0 Å². The highest BCUT2D eigenvalue weighted by molar-refractivity contribution is 7.93. The zero-order valence-corrected chi connectivity index (χ0v) is 32.8. The van der Waals surface area contributed by atoms with Gasteiger partial charge in [0.1, 0.15) is 12.4 Å². The average molecular weight is 825 g/mol. The van der Waals surface area contributed by atoms with E-state index in [4.69, 9.17) is 23.2 Å². The highest BCUT2D eigenvalue weighted by Crippen LogP contribution is 2.40. The van der Waals surface area contributed by atoms with Crippen LogP contribution in [0.15, 0.2) is 125 Å². The van der Waals surface area contributed by atoms with Crippen LogP contribution in [0.3, 0.4) is 0 Å². The number of hydrogen-bond acceptors (Lipinski definition) is 6. The van der Waals surface area contributed by atoms with E-state index >= 15 is 8.42 Å². The number of likely N-dealkylation sites (tertiary alicyclic amines) is 1. The third kappa shape index (κ3) is 8.20. The number of aryl methyl sites for hydroxylation is 2. The molecule has 1 aliphatic heterocycles. The highest BCUT2D eigenvalue weighted by atomic mass is 35.5. The fraction of sp³-hybridized carbons (Fsp3) is 0.200. The van der Waals surface area contributed by atoms with Gasteiger partial charge in [0.05, 0.1) is 27.2 Å². The quantitative estimate of drug-likeness (QED) is 0.134. The monoisotopic (exact) mass is 823 g/mol. The first-order valence-electron chi connectivity index (χ1n) is 17.1. The molecule has 1 heterocycles. The molecule has 0 bridgehead atoms. The molecular formula is C40H36Cl2FN3O7S2. The van der Waals surface area contributed by atoms with Gasteiger partial charge in [0.25, 0.3) is 20.0 Å². The van der Waals surface area contributed by atoms with E-state index in [0.29, 0.717) is 39.8 Å². The van der Waals surface area contributed by atoms with E-state index < -0.39 is 61.3 Å².